The van der Waals surface area contributed by atoms with Gasteiger partial charge in [-0.3, -0.25) is 9.59 Å². The second-order valence-electron chi connectivity index (χ2n) is 7.04. The first-order valence-electron chi connectivity index (χ1n) is 9.87. The lowest BCUT2D eigenvalue weighted by molar-refractivity contribution is -0.120. The van der Waals surface area contributed by atoms with Crippen molar-refractivity contribution in [2.75, 3.05) is 14.2 Å². The maximum absolute atomic E-state index is 12.5. The van der Waals surface area contributed by atoms with Gasteiger partial charge in [-0.15, -0.1) is 0 Å². The number of methoxy groups -OCH3 is 2. The minimum atomic E-state index is -0.647. The van der Waals surface area contributed by atoms with Crippen molar-refractivity contribution < 1.29 is 24.2 Å². The molecule has 0 aromatic heterocycles. The Bertz CT molecular complexity index is 992. The van der Waals surface area contributed by atoms with E-state index in [2.05, 4.69) is 4.99 Å². The fourth-order valence-corrected chi connectivity index (χ4v) is 3.42. The van der Waals surface area contributed by atoms with Crippen molar-refractivity contribution in [3.63, 3.8) is 0 Å². The van der Waals surface area contributed by atoms with Crippen molar-refractivity contribution in [1.82, 2.24) is 0 Å². The van der Waals surface area contributed by atoms with Gasteiger partial charge in [0.15, 0.2) is 23.0 Å². The number of aliphatic hydroxyl groups excluding tert-OH is 1. The lowest BCUT2D eigenvalue weighted by atomic mass is 10.00. The predicted octanol–water partition coefficient (Wildman–Crippen LogP) is 4.02. The van der Waals surface area contributed by atoms with Crippen molar-refractivity contribution in [2.45, 2.75) is 32.1 Å². The molecule has 1 amide bonds. The third kappa shape index (κ3) is 4.95. The summed E-state index contributed by atoms with van der Waals surface area (Å²) in [7, 11) is 3.15. The number of carbonyl (C=O) groups is 2. The number of aliphatic imine (C=N–C) groups is 1. The van der Waals surface area contributed by atoms with Crippen LogP contribution in [0.1, 0.15) is 30.4 Å². The molecule has 0 saturated heterocycles. The number of benzene rings is 2. The molecule has 30 heavy (non-hydrogen) atoms. The molecule has 6 nitrogen and oxygen atoms in total. The van der Waals surface area contributed by atoms with Crippen LogP contribution in [0.4, 0.5) is 0 Å². The number of allylic oxidation sites excluding steroid dienone is 1. The van der Waals surface area contributed by atoms with E-state index in [4.69, 9.17) is 9.47 Å². The van der Waals surface area contributed by atoms with Gasteiger partial charge in [0, 0.05) is 6.42 Å². The Hall–Kier alpha value is -3.41. The largest absolute Gasteiger partial charge is 0.505 e. The van der Waals surface area contributed by atoms with E-state index in [1.807, 2.05) is 48.5 Å². The van der Waals surface area contributed by atoms with Gasteiger partial charge in [-0.2, -0.15) is 0 Å². The zero-order chi connectivity index (χ0) is 21.5. The molecule has 0 fully saturated rings. The molecule has 1 N–H and O–H groups in total. The Morgan fingerprint density at radius 2 is 1.67 bits per heavy atom. The zero-order valence-corrected chi connectivity index (χ0v) is 17.2. The van der Waals surface area contributed by atoms with Crippen LogP contribution in [-0.2, 0) is 22.4 Å². The molecule has 1 aliphatic heterocycles. The van der Waals surface area contributed by atoms with Crippen LogP contribution in [0.2, 0.25) is 0 Å². The summed E-state index contributed by atoms with van der Waals surface area (Å²) in [5.41, 5.74) is 2.17. The van der Waals surface area contributed by atoms with Gasteiger partial charge >= 0.3 is 0 Å². The van der Waals surface area contributed by atoms with E-state index in [-0.39, 0.29) is 29.2 Å². The van der Waals surface area contributed by atoms with Gasteiger partial charge in [-0.25, -0.2) is 4.99 Å². The molecular weight excluding hydrogens is 382 g/mol. The van der Waals surface area contributed by atoms with E-state index < -0.39 is 5.91 Å². The predicted molar refractivity (Wildman–Crippen MR) is 114 cm³/mol. The monoisotopic (exact) mass is 407 g/mol. The topological polar surface area (TPSA) is 85.2 Å². The third-order valence-corrected chi connectivity index (χ3v) is 5.05. The minimum absolute atomic E-state index is 0.154. The highest BCUT2D eigenvalue weighted by Crippen LogP contribution is 2.28. The Morgan fingerprint density at radius 3 is 2.37 bits per heavy atom. The molecule has 6 heteroatoms. The second kappa shape index (κ2) is 9.87. The molecule has 0 radical (unpaired) electrons. The number of amides is 1. The number of aliphatic hydroxyl groups is 1. The fourth-order valence-electron chi connectivity index (χ4n) is 3.42. The van der Waals surface area contributed by atoms with Gasteiger partial charge in [0.1, 0.15) is 5.57 Å². The van der Waals surface area contributed by atoms with Crippen LogP contribution in [0.5, 0.6) is 11.5 Å². The summed E-state index contributed by atoms with van der Waals surface area (Å²) in [6.07, 6.45) is 2.37. The number of nitrogens with zero attached hydrogens (tertiary/aromatic N) is 1. The number of rotatable bonds is 10. The number of aryl methyl sites for hydroxylation is 2. The number of Topliss-reactive ketones (excluding diaryl/α,β-unsaturated/α-hetero) is 1. The van der Waals surface area contributed by atoms with Gasteiger partial charge in [0.2, 0.25) is 0 Å². The average molecular weight is 407 g/mol. The van der Waals surface area contributed by atoms with Gasteiger partial charge < -0.3 is 14.6 Å². The number of hydrogen-bond acceptors (Lipinski definition) is 5. The minimum Gasteiger partial charge on any atom is -0.505 e. The Kier molecular flexibility index (Phi) is 7.01. The van der Waals surface area contributed by atoms with Gasteiger partial charge in [-0.1, -0.05) is 36.4 Å². The van der Waals surface area contributed by atoms with Gasteiger partial charge in [-0.05, 0) is 48.9 Å². The first-order valence-corrected chi connectivity index (χ1v) is 9.87. The highest BCUT2D eigenvalue weighted by atomic mass is 16.5. The van der Waals surface area contributed by atoms with Crippen LogP contribution in [-0.4, -0.2) is 36.7 Å². The first kappa shape index (κ1) is 21.3. The van der Waals surface area contributed by atoms with Crippen LogP contribution in [0.3, 0.4) is 0 Å². The van der Waals surface area contributed by atoms with E-state index >= 15 is 0 Å². The lowest BCUT2D eigenvalue weighted by Gasteiger charge is -2.09. The highest BCUT2D eigenvalue weighted by molar-refractivity contribution is 6.30. The van der Waals surface area contributed by atoms with E-state index in [9.17, 15) is 14.7 Å². The van der Waals surface area contributed by atoms with E-state index in [1.54, 1.807) is 14.2 Å². The lowest BCUT2D eigenvalue weighted by Crippen LogP contribution is -2.11. The normalized spacial score (nSPS) is 13.4. The molecule has 0 bridgehead atoms. The smallest absolute Gasteiger partial charge is 0.284 e. The SMILES string of the molecule is COc1ccc(CCCC(=O)C2=C(O)C(CCc3ccccc3)=NC2=O)cc1OC. The zero-order valence-electron chi connectivity index (χ0n) is 17.2. The summed E-state index contributed by atoms with van der Waals surface area (Å²) in [4.78, 5) is 28.6. The molecule has 0 saturated carbocycles. The summed E-state index contributed by atoms with van der Waals surface area (Å²) in [6, 6.07) is 15.3. The molecule has 1 heterocycles. The van der Waals surface area contributed by atoms with Crippen molar-refractivity contribution in [3.05, 3.63) is 71.0 Å². The van der Waals surface area contributed by atoms with Crippen LogP contribution < -0.4 is 9.47 Å². The third-order valence-electron chi connectivity index (χ3n) is 5.05. The van der Waals surface area contributed by atoms with E-state index in [0.717, 1.165) is 11.1 Å². The molecule has 2 aromatic carbocycles. The molecule has 0 atom stereocenters. The highest BCUT2D eigenvalue weighted by Gasteiger charge is 2.31. The van der Waals surface area contributed by atoms with Crippen molar-refractivity contribution in [1.29, 1.82) is 0 Å². The summed E-state index contributed by atoms with van der Waals surface area (Å²) in [5, 5.41) is 10.4. The van der Waals surface area contributed by atoms with Crippen molar-refractivity contribution >= 4 is 17.4 Å². The number of ketones is 1. The quantitative estimate of drug-likeness (QED) is 0.601. The van der Waals surface area contributed by atoms with Crippen LogP contribution in [0.25, 0.3) is 0 Å². The summed E-state index contributed by atoms with van der Waals surface area (Å²) < 4.78 is 10.5. The number of ether oxygens (including phenoxy) is 2. The maximum Gasteiger partial charge on any atom is 0.284 e. The van der Waals surface area contributed by atoms with Gasteiger partial charge in [0.05, 0.1) is 19.9 Å². The standard InChI is InChI=1S/C24H25NO5/c1-29-20-14-12-17(15-21(20)30-2)9-6-10-19(26)22-23(27)18(25-24(22)28)13-11-16-7-4-3-5-8-16/h3-5,7-8,12,14-15,27H,6,9-11,13H2,1-2H3. The molecule has 2 aromatic rings. The van der Waals surface area contributed by atoms with Gasteiger partial charge in [0.25, 0.3) is 5.91 Å². The molecule has 3 rings (SSSR count). The Labute approximate surface area is 175 Å². The Balaban J connectivity index is 1.57. The molecule has 1 aliphatic rings. The van der Waals surface area contributed by atoms with Crippen LogP contribution >= 0.6 is 0 Å². The van der Waals surface area contributed by atoms with Crippen molar-refractivity contribution in [3.8, 4) is 11.5 Å². The average Bonchev–Trinajstić information content (AvgIpc) is 3.05. The van der Waals surface area contributed by atoms with E-state index in [0.29, 0.717) is 37.2 Å². The Morgan fingerprint density at radius 1 is 0.933 bits per heavy atom. The molecular formula is C24H25NO5. The number of hydrogen-bond donors (Lipinski definition) is 1. The summed E-state index contributed by atoms with van der Waals surface area (Å²) in [5.74, 6) is -0.0246. The molecule has 156 valence electrons. The fraction of sp³-hybridized carbons (Fsp3) is 0.292. The molecule has 0 spiro atoms. The van der Waals surface area contributed by atoms with E-state index in [1.165, 1.54) is 0 Å². The van der Waals surface area contributed by atoms with Crippen LogP contribution in [0, 0.1) is 0 Å². The summed E-state index contributed by atoms with van der Waals surface area (Å²) >= 11 is 0. The van der Waals surface area contributed by atoms with Crippen molar-refractivity contribution in [2.24, 2.45) is 4.99 Å². The first-order chi connectivity index (χ1) is 14.5. The second-order valence-corrected chi connectivity index (χ2v) is 7.04. The molecule has 0 unspecified atom stereocenters. The maximum atomic E-state index is 12.5. The summed E-state index contributed by atoms with van der Waals surface area (Å²) in [6.45, 7) is 0. The number of carbonyl (C=O) groups excluding carboxylic acids is 2. The van der Waals surface area contributed by atoms with Crippen LogP contribution in [0.15, 0.2) is 64.9 Å². The molecule has 0 aliphatic carbocycles.